The highest BCUT2D eigenvalue weighted by molar-refractivity contribution is 6.36. The van der Waals surface area contributed by atoms with E-state index in [4.69, 9.17) is 32.5 Å². The molecule has 1 aromatic heterocycles. The maximum atomic E-state index is 12.0. The van der Waals surface area contributed by atoms with Crippen LogP contribution in [0.2, 0.25) is 10.0 Å². The number of esters is 1. The Morgan fingerprint density at radius 1 is 1.29 bits per heavy atom. The molecule has 5 nitrogen and oxygen atoms in total. The van der Waals surface area contributed by atoms with E-state index in [1.165, 1.54) is 18.2 Å². The van der Waals surface area contributed by atoms with Gasteiger partial charge in [-0.2, -0.15) is 0 Å². The maximum Gasteiger partial charge on any atom is 0.344 e. The van der Waals surface area contributed by atoms with Gasteiger partial charge in [0.2, 0.25) is 5.78 Å². The van der Waals surface area contributed by atoms with Gasteiger partial charge >= 0.3 is 5.97 Å². The molecule has 0 amide bonds. The van der Waals surface area contributed by atoms with Crippen LogP contribution in [-0.4, -0.2) is 23.5 Å². The van der Waals surface area contributed by atoms with Crippen LogP contribution >= 0.6 is 23.2 Å². The standard InChI is InChI=1S/C14H11Cl2NO4/c1-7-13(8(2)21-17-7)14(19)20-6-12(18)10-4-3-9(15)5-11(10)16/h3-5H,6H2,1-2H3. The third-order valence-corrected chi connectivity index (χ3v) is 3.35. The number of ketones is 1. The Bertz CT molecular complexity index is 689. The molecule has 0 N–H and O–H groups in total. The molecule has 7 heteroatoms. The average Bonchev–Trinajstić information content (AvgIpc) is 2.75. The van der Waals surface area contributed by atoms with Gasteiger partial charge in [0.05, 0.1) is 10.7 Å². The molecule has 0 atom stereocenters. The van der Waals surface area contributed by atoms with Crippen molar-refractivity contribution in [3.8, 4) is 0 Å². The molecule has 0 saturated heterocycles. The lowest BCUT2D eigenvalue weighted by atomic mass is 10.1. The lowest BCUT2D eigenvalue weighted by molar-refractivity contribution is 0.0472. The second-order valence-electron chi connectivity index (χ2n) is 4.32. The van der Waals surface area contributed by atoms with Gasteiger partial charge in [-0.25, -0.2) is 4.79 Å². The van der Waals surface area contributed by atoms with Gasteiger partial charge < -0.3 is 9.26 Å². The molecule has 21 heavy (non-hydrogen) atoms. The number of halogens is 2. The molecule has 0 spiro atoms. The van der Waals surface area contributed by atoms with E-state index >= 15 is 0 Å². The Hall–Kier alpha value is -1.85. The third-order valence-electron chi connectivity index (χ3n) is 2.80. The summed E-state index contributed by atoms with van der Waals surface area (Å²) in [6.45, 7) is 2.78. The second-order valence-corrected chi connectivity index (χ2v) is 5.17. The normalized spacial score (nSPS) is 10.5. The molecule has 0 aliphatic carbocycles. The molecule has 0 fully saturated rings. The van der Waals surface area contributed by atoms with Crippen molar-refractivity contribution in [3.05, 3.63) is 50.8 Å². The van der Waals surface area contributed by atoms with E-state index in [2.05, 4.69) is 5.16 Å². The first-order chi connectivity index (χ1) is 9.90. The van der Waals surface area contributed by atoms with Crippen LogP contribution < -0.4 is 0 Å². The van der Waals surface area contributed by atoms with Crippen molar-refractivity contribution < 1.29 is 18.8 Å². The monoisotopic (exact) mass is 327 g/mol. The lowest BCUT2D eigenvalue weighted by Gasteiger charge is -2.05. The molecule has 1 heterocycles. The number of aromatic nitrogens is 1. The first-order valence-corrected chi connectivity index (χ1v) is 6.74. The van der Waals surface area contributed by atoms with E-state index < -0.39 is 18.4 Å². The Labute approximate surface area is 130 Å². The number of hydrogen-bond acceptors (Lipinski definition) is 5. The summed E-state index contributed by atoms with van der Waals surface area (Å²) >= 11 is 11.7. The smallest absolute Gasteiger partial charge is 0.344 e. The zero-order chi connectivity index (χ0) is 15.6. The molecular formula is C14H11Cl2NO4. The van der Waals surface area contributed by atoms with E-state index in [-0.39, 0.29) is 16.1 Å². The largest absolute Gasteiger partial charge is 0.454 e. The molecule has 0 saturated carbocycles. The fourth-order valence-corrected chi connectivity index (χ4v) is 2.28. The highest BCUT2D eigenvalue weighted by atomic mass is 35.5. The van der Waals surface area contributed by atoms with Gasteiger partial charge in [-0.3, -0.25) is 4.79 Å². The Balaban J connectivity index is 2.06. The van der Waals surface area contributed by atoms with Gasteiger partial charge in [0.1, 0.15) is 11.3 Å². The molecule has 2 aromatic rings. The van der Waals surface area contributed by atoms with Crippen molar-refractivity contribution in [1.82, 2.24) is 5.16 Å². The fourth-order valence-electron chi connectivity index (χ4n) is 1.77. The van der Waals surface area contributed by atoms with Crippen LogP contribution in [0.1, 0.15) is 32.2 Å². The number of hydrogen-bond donors (Lipinski definition) is 0. The van der Waals surface area contributed by atoms with E-state index in [1.54, 1.807) is 13.8 Å². The van der Waals surface area contributed by atoms with Gasteiger partial charge in [0, 0.05) is 10.6 Å². The fraction of sp³-hybridized carbons (Fsp3) is 0.214. The van der Waals surface area contributed by atoms with Crippen LogP contribution in [0.5, 0.6) is 0 Å². The predicted molar refractivity (Wildman–Crippen MR) is 77.1 cm³/mol. The molecule has 0 radical (unpaired) electrons. The number of rotatable bonds is 4. The average molecular weight is 328 g/mol. The lowest BCUT2D eigenvalue weighted by Crippen LogP contribution is -2.15. The van der Waals surface area contributed by atoms with Gasteiger partial charge in [0.15, 0.2) is 6.61 Å². The molecule has 0 aliphatic heterocycles. The van der Waals surface area contributed by atoms with Crippen LogP contribution in [0.15, 0.2) is 22.7 Å². The van der Waals surface area contributed by atoms with Crippen molar-refractivity contribution in [2.24, 2.45) is 0 Å². The summed E-state index contributed by atoms with van der Waals surface area (Å²) in [6, 6.07) is 4.47. The molecule has 110 valence electrons. The zero-order valence-corrected chi connectivity index (χ0v) is 12.8. The van der Waals surface area contributed by atoms with Crippen LogP contribution in [0.3, 0.4) is 0 Å². The maximum absolute atomic E-state index is 12.0. The van der Waals surface area contributed by atoms with Crippen molar-refractivity contribution in [2.75, 3.05) is 6.61 Å². The van der Waals surface area contributed by atoms with Crippen LogP contribution in [-0.2, 0) is 4.74 Å². The number of ether oxygens (including phenoxy) is 1. The molecular weight excluding hydrogens is 317 g/mol. The van der Waals surface area contributed by atoms with Crippen molar-refractivity contribution in [3.63, 3.8) is 0 Å². The van der Waals surface area contributed by atoms with E-state index in [9.17, 15) is 9.59 Å². The van der Waals surface area contributed by atoms with Crippen LogP contribution in [0.4, 0.5) is 0 Å². The summed E-state index contributed by atoms with van der Waals surface area (Å²) in [7, 11) is 0. The zero-order valence-electron chi connectivity index (χ0n) is 11.3. The Kier molecular flexibility index (Phi) is 4.65. The topological polar surface area (TPSA) is 69.4 Å². The van der Waals surface area contributed by atoms with Gasteiger partial charge in [-0.05, 0) is 32.0 Å². The minimum absolute atomic E-state index is 0.209. The van der Waals surface area contributed by atoms with E-state index in [0.717, 1.165) is 0 Å². The Morgan fingerprint density at radius 2 is 2.00 bits per heavy atom. The SMILES string of the molecule is Cc1noc(C)c1C(=O)OCC(=O)c1ccc(Cl)cc1Cl. The Morgan fingerprint density at radius 3 is 2.57 bits per heavy atom. The summed E-state index contributed by atoms with van der Waals surface area (Å²) in [5, 5.41) is 4.28. The van der Waals surface area contributed by atoms with Crippen molar-refractivity contribution in [1.29, 1.82) is 0 Å². The summed E-state index contributed by atoms with van der Waals surface area (Å²) in [4.78, 5) is 23.9. The quantitative estimate of drug-likeness (QED) is 0.633. The van der Waals surface area contributed by atoms with Gasteiger partial charge in [-0.15, -0.1) is 0 Å². The first-order valence-electron chi connectivity index (χ1n) is 5.98. The van der Waals surface area contributed by atoms with Crippen LogP contribution in [0.25, 0.3) is 0 Å². The third kappa shape index (κ3) is 3.43. The number of nitrogens with zero attached hydrogens (tertiary/aromatic N) is 1. The molecule has 0 bridgehead atoms. The van der Waals surface area contributed by atoms with E-state index in [1.807, 2.05) is 0 Å². The minimum atomic E-state index is -0.662. The van der Waals surface area contributed by atoms with E-state index in [0.29, 0.717) is 16.5 Å². The minimum Gasteiger partial charge on any atom is -0.454 e. The second kappa shape index (κ2) is 6.28. The summed E-state index contributed by atoms with van der Waals surface area (Å²) < 4.78 is 9.84. The highest BCUT2D eigenvalue weighted by Gasteiger charge is 2.20. The van der Waals surface area contributed by atoms with Crippen molar-refractivity contribution in [2.45, 2.75) is 13.8 Å². The molecule has 2 rings (SSSR count). The molecule has 0 unspecified atom stereocenters. The van der Waals surface area contributed by atoms with Crippen LogP contribution in [0, 0.1) is 13.8 Å². The van der Waals surface area contributed by atoms with Gasteiger partial charge in [-0.1, -0.05) is 28.4 Å². The molecule has 0 aliphatic rings. The number of carbonyl (C=O) groups excluding carboxylic acids is 2. The van der Waals surface area contributed by atoms with Gasteiger partial charge in [0.25, 0.3) is 0 Å². The van der Waals surface area contributed by atoms with Crippen molar-refractivity contribution >= 4 is 35.0 Å². The number of benzene rings is 1. The summed E-state index contributed by atoms with van der Waals surface area (Å²) in [6.07, 6.45) is 0. The number of aryl methyl sites for hydroxylation is 2. The first kappa shape index (κ1) is 15.5. The number of carbonyl (C=O) groups is 2. The predicted octanol–water partition coefficient (Wildman–Crippen LogP) is 3.64. The summed E-state index contributed by atoms with van der Waals surface area (Å²) in [5.74, 6) is -0.740. The number of Topliss-reactive ketones (excluding diaryl/α,β-unsaturated/α-hetero) is 1. The highest BCUT2D eigenvalue weighted by Crippen LogP contribution is 2.21. The molecule has 1 aromatic carbocycles. The summed E-state index contributed by atoms with van der Waals surface area (Å²) in [5.41, 5.74) is 0.882.